The van der Waals surface area contributed by atoms with Crippen LogP contribution in [0.25, 0.3) is 6.08 Å². The second kappa shape index (κ2) is 5.53. The molecule has 0 aliphatic rings. The van der Waals surface area contributed by atoms with Crippen molar-refractivity contribution in [3.63, 3.8) is 0 Å². The Labute approximate surface area is 81.1 Å². The zero-order chi connectivity index (χ0) is 10.2. The third-order valence-corrected chi connectivity index (χ3v) is 1.42. The Bertz CT molecular complexity index is 332. The summed E-state index contributed by atoms with van der Waals surface area (Å²) in [7, 11) is 0. The van der Waals surface area contributed by atoms with Crippen molar-refractivity contribution in [2.45, 2.75) is 0 Å². The van der Waals surface area contributed by atoms with Gasteiger partial charge in [-0.05, 0) is 11.6 Å². The number of rotatable bonds is 4. The first kappa shape index (κ1) is 9.98. The van der Waals surface area contributed by atoms with Gasteiger partial charge in [-0.15, -0.1) is 0 Å². The standard InChI is InChI=1S/C10H9NO3/c12-8-11-14-10(13)7-6-9-4-2-1-3-5-9/h1-8H,(H,11,12). The molecule has 0 aromatic heterocycles. The van der Waals surface area contributed by atoms with Crippen molar-refractivity contribution in [3.8, 4) is 0 Å². The lowest BCUT2D eigenvalue weighted by molar-refractivity contribution is -0.149. The zero-order valence-electron chi connectivity index (χ0n) is 7.34. The quantitative estimate of drug-likeness (QED) is 0.437. The van der Waals surface area contributed by atoms with E-state index in [2.05, 4.69) is 4.84 Å². The fourth-order valence-corrected chi connectivity index (χ4v) is 0.845. The molecular formula is C10H9NO3. The van der Waals surface area contributed by atoms with E-state index in [-0.39, 0.29) is 6.41 Å². The van der Waals surface area contributed by atoms with Gasteiger partial charge in [-0.3, -0.25) is 4.79 Å². The van der Waals surface area contributed by atoms with E-state index in [9.17, 15) is 9.59 Å². The summed E-state index contributed by atoms with van der Waals surface area (Å²) in [6, 6.07) is 9.28. The first-order valence-corrected chi connectivity index (χ1v) is 3.96. The molecule has 0 saturated carbocycles. The van der Waals surface area contributed by atoms with Crippen LogP contribution in [0.1, 0.15) is 5.56 Å². The molecule has 0 bridgehead atoms. The lowest BCUT2D eigenvalue weighted by atomic mass is 10.2. The van der Waals surface area contributed by atoms with Crippen molar-refractivity contribution >= 4 is 18.5 Å². The highest BCUT2D eigenvalue weighted by Gasteiger charge is 1.94. The van der Waals surface area contributed by atoms with Crippen molar-refractivity contribution in [3.05, 3.63) is 42.0 Å². The maximum absolute atomic E-state index is 10.8. The predicted octanol–water partition coefficient (Wildman–Crippen LogP) is 0.904. The summed E-state index contributed by atoms with van der Waals surface area (Å²) in [5.74, 6) is -0.624. The van der Waals surface area contributed by atoms with E-state index in [1.54, 1.807) is 11.6 Å². The molecule has 0 unspecified atom stereocenters. The van der Waals surface area contributed by atoms with Crippen molar-refractivity contribution in [1.82, 2.24) is 5.48 Å². The van der Waals surface area contributed by atoms with E-state index < -0.39 is 5.97 Å². The molecule has 4 heteroatoms. The number of nitrogens with one attached hydrogen (secondary N) is 1. The fraction of sp³-hybridized carbons (Fsp3) is 0. The van der Waals surface area contributed by atoms with E-state index in [0.717, 1.165) is 5.56 Å². The lowest BCUT2D eigenvalue weighted by Gasteiger charge is -1.94. The van der Waals surface area contributed by atoms with Crippen LogP contribution in [0, 0.1) is 0 Å². The molecule has 4 nitrogen and oxygen atoms in total. The maximum Gasteiger partial charge on any atom is 0.355 e. The highest BCUT2D eigenvalue weighted by Crippen LogP contribution is 2.00. The minimum absolute atomic E-state index is 0.286. The zero-order valence-corrected chi connectivity index (χ0v) is 7.34. The number of hydroxylamine groups is 1. The Kier molecular flexibility index (Phi) is 3.94. The van der Waals surface area contributed by atoms with Gasteiger partial charge in [-0.25, -0.2) is 4.79 Å². The Hall–Kier alpha value is -2.10. The smallest absolute Gasteiger partial charge is 0.336 e. The first-order chi connectivity index (χ1) is 6.83. The van der Waals surface area contributed by atoms with Crippen LogP contribution >= 0.6 is 0 Å². The maximum atomic E-state index is 10.8. The largest absolute Gasteiger partial charge is 0.355 e. The first-order valence-electron chi connectivity index (χ1n) is 3.96. The highest BCUT2D eigenvalue weighted by molar-refractivity contribution is 5.87. The molecule has 1 aromatic rings. The van der Waals surface area contributed by atoms with Crippen LogP contribution in [0.5, 0.6) is 0 Å². The molecular weight excluding hydrogens is 182 g/mol. The van der Waals surface area contributed by atoms with Gasteiger partial charge in [0.25, 0.3) is 0 Å². The number of hydrogen-bond acceptors (Lipinski definition) is 3. The molecule has 0 aliphatic carbocycles. The monoisotopic (exact) mass is 191 g/mol. The molecule has 0 spiro atoms. The average Bonchev–Trinajstić information content (AvgIpc) is 2.25. The molecule has 0 radical (unpaired) electrons. The van der Waals surface area contributed by atoms with Gasteiger partial charge in [0, 0.05) is 6.08 Å². The predicted molar refractivity (Wildman–Crippen MR) is 50.8 cm³/mol. The van der Waals surface area contributed by atoms with Crippen molar-refractivity contribution in [2.24, 2.45) is 0 Å². The van der Waals surface area contributed by atoms with Crippen LogP contribution in [-0.4, -0.2) is 12.4 Å². The Balaban J connectivity index is 2.48. The van der Waals surface area contributed by atoms with E-state index in [4.69, 9.17) is 0 Å². The third-order valence-electron chi connectivity index (χ3n) is 1.42. The van der Waals surface area contributed by atoms with Crippen molar-refractivity contribution < 1.29 is 14.4 Å². The second-order valence-electron chi connectivity index (χ2n) is 2.40. The molecule has 1 rings (SSSR count). The highest BCUT2D eigenvalue weighted by atomic mass is 16.7. The van der Waals surface area contributed by atoms with Gasteiger partial charge in [-0.1, -0.05) is 30.3 Å². The third kappa shape index (κ3) is 3.53. The lowest BCUT2D eigenvalue weighted by Crippen LogP contribution is -2.15. The molecule has 14 heavy (non-hydrogen) atoms. The van der Waals surface area contributed by atoms with Gasteiger partial charge in [0.1, 0.15) is 0 Å². The van der Waals surface area contributed by atoms with Crippen molar-refractivity contribution in [1.29, 1.82) is 0 Å². The number of carbonyl (C=O) groups excluding carboxylic acids is 2. The van der Waals surface area contributed by atoms with Crippen LogP contribution in [0.4, 0.5) is 0 Å². The molecule has 0 fully saturated rings. The Morgan fingerprint density at radius 1 is 1.29 bits per heavy atom. The van der Waals surface area contributed by atoms with Crippen LogP contribution in [-0.2, 0) is 14.4 Å². The Morgan fingerprint density at radius 3 is 2.64 bits per heavy atom. The number of benzene rings is 1. The van der Waals surface area contributed by atoms with Crippen LogP contribution in [0.15, 0.2) is 36.4 Å². The summed E-state index contributed by atoms with van der Waals surface area (Å²) in [5, 5.41) is 0. The topological polar surface area (TPSA) is 55.4 Å². The Morgan fingerprint density at radius 2 is 2.00 bits per heavy atom. The van der Waals surface area contributed by atoms with Gasteiger partial charge in [0.2, 0.25) is 6.41 Å². The van der Waals surface area contributed by atoms with Crippen LogP contribution in [0.3, 0.4) is 0 Å². The van der Waals surface area contributed by atoms with Gasteiger partial charge in [0.15, 0.2) is 0 Å². The van der Waals surface area contributed by atoms with Gasteiger partial charge in [-0.2, -0.15) is 5.48 Å². The summed E-state index contributed by atoms with van der Waals surface area (Å²) in [6.07, 6.45) is 3.11. The number of carbonyl (C=O) groups is 2. The molecule has 0 heterocycles. The number of hydrogen-bond donors (Lipinski definition) is 1. The van der Waals surface area contributed by atoms with Crippen LogP contribution in [0.2, 0.25) is 0 Å². The van der Waals surface area contributed by atoms with Crippen LogP contribution < -0.4 is 5.48 Å². The molecule has 72 valence electrons. The molecule has 0 aliphatic heterocycles. The van der Waals surface area contributed by atoms with Crippen molar-refractivity contribution in [2.75, 3.05) is 0 Å². The minimum Gasteiger partial charge on any atom is -0.336 e. The fourth-order valence-electron chi connectivity index (χ4n) is 0.845. The molecule has 0 atom stereocenters. The molecule has 0 saturated heterocycles. The van der Waals surface area contributed by atoms with E-state index in [0.29, 0.717) is 0 Å². The number of amides is 1. The average molecular weight is 191 g/mol. The summed E-state index contributed by atoms with van der Waals surface area (Å²) in [5.41, 5.74) is 2.69. The van der Waals surface area contributed by atoms with Gasteiger partial charge < -0.3 is 4.84 Å². The van der Waals surface area contributed by atoms with Gasteiger partial charge >= 0.3 is 5.97 Å². The van der Waals surface area contributed by atoms with E-state index >= 15 is 0 Å². The minimum atomic E-state index is -0.624. The van der Waals surface area contributed by atoms with E-state index in [1.165, 1.54) is 6.08 Å². The molecule has 1 N–H and O–H groups in total. The van der Waals surface area contributed by atoms with E-state index in [1.807, 2.05) is 30.3 Å². The normalized spacial score (nSPS) is 9.71. The second-order valence-corrected chi connectivity index (χ2v) is 2.40. The van der Waals surface area contributed by atoms with Gasteiger partial charge in [0.05, 0.1) is 0 Å². The SMILES string of the molecule is O=CNOC(=O)C=Cc1ccccc1. The summed E-state index contributed by atoms with van der Waals surface area (Å²) < 4.78 is 0. The summed E-state index contributed by atoms with van der Waals surface area (Å²) in [4.78, 5) is 24.9. The molecule has 1 amide bonds. The summed E-state index contributed by atoms with van der Waals surface area (Å²) in [6.45, 7) is 0. The summed E-state index contributed by atoms with van der Waals surface area (Å²) >= 11 is 0. The molecule has 1 aromatic carbocycles.